The Labute approximate surface area is 184 Å². The Balaban J connectivity index is 1.60. The first-order valence-electron chi connectivity index (χ1n) is 10.6. The summed E-state index contributed by atoms with van der Waals surface area (Å²) in [6.07, 6.45) is 4.94. The summed E-state index contributed by atoms with van der Waals surface area (Å²) in [4.78, 5) is 8.38. The van der Waals surface area contributed by atoms with Gasteiger partial charge in [0.2, 0.25) is 5.82 Å². The fourth-order valence-corrected chi connectivity index (χ4v) is 3.56. The van der Waals surface area contributed by atoms with E-state index in [2.05, 4.69) is 35.7 Å². The SMILES string of the molecule is CCCc1nc(C(F)(F)CCC)nn1Cc1ccc(-c2cnccc2-c2nnn[nH]2)cc1. The van der Waals surface area contributed by atoms with Gasteiger partial charge in [-0.3, -0.25) is 4.98 Å². The maximum atomic E-state index is 14.4. The minimum absolute atomic E-state index is 0.259. The van der Waals surface area contributed by atoms with Gasteiger partial charge in [-0.1, -0.05) is 38.1 Å². The normalized spacial score (nSPS) is 11.8. The molecule has 32 heavy (non-hydrogen) atoms. The molecule has 0 unspecified atom stereocenters. The summed E-state index contributed by atoms with van der Waals surface area (Å²) in [6, 6.07) is 9.67. The van der Waals surface area contributed by atoms with E-state index >= 15 is 0 Å². The van der Waals surface area contributed by atoms with Crippen molar-refractivity contribution in [2.75, 3.05) is 0 Å². The Kier molecular flexibility index (Phi) is 6.29. The molecule has 0 atom stereocenters. The lowest BCUT2D eigenvalue weighted by atomic mass is 10.0. The van der Waals surface area contributed by atoms with Crippen molar-refractivity contribution in [3.63, 3.8) is 0 Å². The number of hydrogen-bond acceptors (Lipinski definition) is 6. The van der Waals surface area contributed by atoms with Crippen LogP contribution >= 0.6 is 0 Å². The second-order valence-corrected chi connectivity index (χ2v) is 7.58. The average Bonchev–Trinajstić information content (AvgIpc) is 3.46. The number of halogens is 2. The number of aryl methyl sites for hydroxylation is 1. The Morgan fingerprint density at radius 3 is 2.53 bits per heavy atom. The highest BCUT2D eigenvalue weighted by Crippen LogP contribution is 2.31. The minimum atomic E-state index is -3.02. The number of aromatic amines is 1. The van der Waals surface area contributed by atoms with E-state index in [1.54, 1.807) is 24.0 Å². The third kappa shape index (κ3) is 4.53. The average molecular weight is 438 g/mol. The lowest BCUT2D eigenvalue weighted by Crippen LogP contribution is -2.15. The maximum absolute atomic E-state index is 14.4. The zero-order valence-electron chi connectivity index (χ0n) is 18.0. The minimum Gasteiger partial charge on any atom is -0.264 e. The van der Waals surface area contributed by atoms with E-state index in [4.69, 9.17) is 0 Å². The molecule has 1 N–H and O–H groups in total. The lowest BCUT2D eigenvalue weighted by molar-refractivity contribution is -0.0232. The topological polar surface area (TPSA) is 98.1 Å². The quantitative estimate of drug-likeness (QED) is 0.416. The number of hydrogen-bond donors (Lipinski definition) is 1. The Morgan fingerprint density at radius 1 is 1.03 bits per heavy atom. The van der Waals surface area contributed by atoms with Gasteiger partial charge in [0.15, 0.2) is 5.82 Å². The molecule has 0 bridgehead atoms. The molecule has 166 valence electrons. The summed E-state index contributed by atoms with van der Waals surface area (Å²) < 4.78 is 30.3. The Morgan fingerprint density at radius 2 is 1.84 bits per heavy atom. The molecule has 0 aliphatic heterocycles. The third-order valence-corrected chi connectivity index (χ3v) is 5.13. The highest BCUT2D eigenvalue weighted by atomic mass is 19.3. The molecule has 0 saturated carbocycles. The number of nitrogens with zero attached hydrogens (tertiary/aromatic N) is 7. The molecule has 0 spiro atoms. The van der Waals surface area contributed by atoms with Crippen molar-refractivity contribution in [2.24, 2.45) is 0 Å². The van der Waals surface area contributed by atoms with E-state index < -0.39 is 5.92 Å². The number of nitrogens with one attached hydrogen (secondary N) is 1. The van der Waals surface area contributed by atoms with Crippen LogP contribution in [0.25, 0.3) is 22.5 Å². The first kappa shape index (κ1) is 21.7. The fourth-order valence-electron chi connectivity index (χ4n) is 3.56. The van der Waals surface area contributed by atoms with Gasteiger partial charge < -0.3 is 0 Å². The molecule has 3 heterocycles. The molecular formula is C22H24F2N8. The van der Waals surface area contributed by atoms with E-state index in [0.29, 0.717) is 31.0 Å². The van der Waals surface area contributed by atoms with E-state index in [1.807, 2.05) is 37.3 Å². The van der Waals surface area contributed by atoms with Crippen molar-refractivity contribution < 1.29 is 8.78 Å². The van der Waals surface area contributed by atoms with Gasteiger partial charge in [0.05, 0.1) is 6.54 Å². The number of tetrazole rings is 1. The van der Waals surface area contributed by atoms with Crippen molar-refractivity contribution in [3.8, 4) is 22.5 Å². The third-order valence-electron chi connectivity index (χ3n) is 5.13. The molecule has 0 fully saturated rings. The van der Waals surface area contributed by atoms with Crippen LogP contribution in [-0.4, -0.2) is 40.4 Å². The van der Waals surface area contributed by atoms with Crippen LogP contribution in [0.3, 0.4) is 0 Å². The molecule has 0 radical (unpaired) electrons. The molecule has 0 aliphatic rings. The first-order chi connectivity index (χ1) is 15.5. The van der Waals surface area contributed by atoms with Gasteiger partial charge in [0, 0.05) is 36.4 Å². The van der Waals surface area contributed by atoms with Gasteiger partial charge in [-0.25, -0.2) is 14.8 Å². The maximum Gasteiger partial charge on any atom is 0.308 e. The van der Waals surface area contributed by atoms with Gasteiger partial charge >= 0.3 is 5.92 Å². The summed E-state index contributed by atoms with van der Waals surface area (Å²) in [5, 5.41) is 18.2. The zero-order chi connectivity index (χ0) is 22.6. The van der Waals surface area contributed by atoms with Crippen molar-refractivity contribution in [3.05, 3.63) is 59.9 Å². The standard InChI is InChI=1S/C22H24F2N8/c1-3-5-19-26-21(22(23,24)11-4-2)29-32(19)14-15-6-8-16(9-7-15)18-13-25-12-10-17(18)20-27-30-31-28-20/h6-10,12-13H,3-5,11,14H2,1-2H3,(H,27,28,30,31). The highest BCUT2D eigenvalue weighted by Gasteiger charge is 2.36. The van der Waals surface area contributed by atoms with Crippen LogP contribution in [0.1, 0.15) is 50.3 Å². The van der Waals surface area contributed by atoms with Crippen LogP contribution in [0.4, 0.5) is 8.78 Å². The fraction of sp³-hybridized carbons (Fsp3) is 0.364. The predicted octanol–water partition coefficient (Wildman–Crippen LogP) is 4.41. The molecular weight excluding hydrogens is 414 g/mol. The van der Waals surface area contributed by atoms with Crippen molar-refractivity contribution in [2.45, 2.75) is 52.0 Å². The number of H-pyrrole nitrogens is 1. The van der Waals surface area contributed by atoms with Crippen LogP contribution in [0.5, 0.6) is 0 Å². The molecule has 8 nitrogen and oxygen atoms in total. The summed E-state index contributed by atoms with van der Waals surface area (Å²) >= 11 is 0. The zero-order valence-corrected chi connectivity index (χ0v) is 18.0. The van der Waals surface area contributed by atoms with Gasteiger partial charge in [-0.15, -0.1) is 10.2 Å². The molecule has 0 saturated heterocycles. The summed E-state index contributed by atoms with van der Waals surface area (Å²) in [6.45, 7) is 4.09. The van der Waals surface area contributed by atoms with E-state index in [-0.39, 0.29) is 12.2 Å². The van der Waals surface area contributed by atoms with E-state index in [0.717, 1.165) is 28.7 Å². The smallest absolute Gasteiger partial charge is 0.264 e. The Bertz CT molecular complexity index is 1150. The van der Waals surface area contributed by atoms with Gasteiger partial charge in [-0.05, 0) is 40.5 Å². The number of pyridine rings is 1. The van der Waals surface area contributed by atoms with E-state index in [1.165, 1.54) is 0 Å². The van der Waals surface area contributed by atoms with Crippen LogP contribution < -0.4 is 0 Å². The number of rotatable bonds is 9. The van der Waals surface area contributed by atoms with E-state index in [9.17, 15) is 8.78 Å². The number of alkyl halides is 2. The number of benzene rings is 1. The van der Waals surface area contributed by atoms with Gasteiger partial charge in [-0.2, -0.15) is 8.78 Å². The monoisotopic (exact) mass is 438 g/mol. The second kappa shape index (κ2) is 9.29. The summed E-state index contributed by atoms with van der Waals surface area (Å²) in [5.41, 5.74) is 3.59. The summed E-state index contributed by atoms with van der Waals surface area (Å²) in [7, 11) is 0. The predicted molar refractivity (Wildman–Crippen MR) is 115 cm³/mol. The van der Waals surface area contributed by atoms with Gasteiger partial charge in [0.1, 0.15) is 5.82 Å². The van der Waals surface area contributed by atoms with Crippen LogP contribution in [-0.2, 0) is 18.9 Å². The van der Waals surface area contributed by atoms with Gasteiger partial charge in [0.25, 0.3) is 0 Å². The molecule has 10 heteroatoms. The van der Waals surface area contributed by atoms with Crippen molar-refractivity contribution >= 4 is 0 Å². The molecule has 0 amide bonds. The first-order valence-corrected chi connectivity index (χ1v) is 10.6. The molecule has 4 rings (SSSR count). The highest BCUT2D eigenvalue weighted by molar-refractivity contribution is 5.79. The second-order valence-electron chi connectivity index (χ2n) is 7.58. The van der Waals surface area contributed by atoms with Crippen LogP contribution in [0, 0.1) is 0 Å². The largest absolute Gasteiger partial charge is 0.308 e. The van der Waals surface area contributed by atoms with Crippen molar-refractivity contribution in [1.29, 1.82) is 0 Å². The molecule has 3 aromatic heterocycles. The molecule has 0 aliphatic carbocycles. The molecule has 1 aromatic carbocycles. The van der Waals surface area contributed by atoms with Crippen LogP contribution in [0.15, 0.2) is 42.7 Å². The Hall–Kier alpha value is -3.56. The lowest BCUT2D eigenvalue weighted by Gasteiger charge is -2.10. The molecule has 4 aromatic rings. The van der Waals surface area contributed by atoms with Crippen LogP contribution in [0.2, 0.25) is 0 Å². The summed E-state index contributed by atoms with van der Waals surface area (Å²) in [5.74, 6) is -2.27. The number of aromatic nitrogens is 8. The van der Waals surface area contributed by atoms with Crippen molar-refractivity contribution in [1.82, 2.24) is 40.4 Å².